The molecule has 2 aromatic carbocycles. The van der Waals surface area contributed by atoms with Crippen molar-refractivity contribution in [1.29, 1.82) is 0 Å². The molecular weight excluding hydrogens is 354 g/mol. The predicted octanol–water partition coefficient (Wildman–Crippen LogP) is 1.21. The number of hydrazine groups is 1. The molecule has 0 heterocycles. The molecule has 3 amide bonds. The van der Waals surface area contributed by atoms with Gasteiger partial charge in [-0.05, 0) is 42.5 Å². The molecule has 0 aliphatic rings. The highest BCUT2D eigenvalue weighted by Crippen LogP contribution is 2.24. The number of hydrogen-bond donors (Lipinski definition) is 5. The largest absolute Gasteiger partial charge is 0.506 e. The van der Waals surface area contributed by atoms with Gasteiger partial charge in [0.2, 0.25) is 5.91 Å². The Balaban J connectivity index is 1.97. The van der Waals surface area contributed by atoms with Crippen LogP contribution in [0.2, 0.25) is 0 Å². The summed E-state index contributed by atoms with van der Waals surface area (Å²) in [6.45, 7) is -0.171. The second-order valence-electron chi connectivity index (χ2n) is 5.31. The Morgan fingerprint density at radius 1 is 1.00 bits per heavy atom. The van der Waals surface area contributed by atoms with E-state index in [2.05, 4.69) is 26.7 Å². The Kier molecular flexibility index (Phi) is 6.42. The van der Waals surface area contributed by atoms with Gasteiger partial charge in [-0.15, -0.1) is 4.91 Å². The lowest BCUT2D eigenvalue weighted by atomic mass is 10.1. The van der Waals surface area contributed by atoms with Crippen LogP contribution in [0, 0.1) is 4.91 Å². The molecular formula is C17H17N5O5. The van der Waals surface area contributed by atoms with E-state index in [0.29, 0.717) is 11.4 Å². The van der Waals surface area contributed by atoms with Crippen molar-refractivity contribution in [3.63, 3.8) is 0 Å². The maximum Gasteiger partial charge on any atom is 0.316 e. The van der Waals surface area contributed by atoms with Crippen molar-refractivity contribution >= 4 is 29.1 Å². The molecule has 0 saturated heterocycles. The Morgan fingerprint density at radius 2 is 1.67 bits per heavy atom. The molecule has 0 spiro atoms. The minimum Gasteiger partial charge on any atom is -0.506 e. The zero-order valence-corrected chi connectivity index (χ0v) is 14.3. The first-order valence-corrected chi connectivity index (χ1v) is 7.76. The molecule has 0 saturated carbocycles. The second-order valence-corrected chi connectivity index (χ2v) is 5.31. The number of anilines is 2. The number of carbonyl (C=O) groups is 3. The molecule has 0 atom stereocenters. The maximum atomic E-state index is 11.9. The van der Waals surface area contributed by atoms with Gasteiger partial charge in [-0.3, -0.25) is 19.8 Å². The van der Waals surface area contributed by atoms with Crippen molar-refractivity contribution in [3.05, 3.63) is 58.5 Å². The van der Waals surface area contributed by atoms with E-state index in [1.807, 2.05) is 0 Å². The Morgan fingerprint density at radius 3 is 2.26 bits per heavy atom. The zero-order chi connectivity index (χ0) is 19.8. The average Bonchev–Trinajstić information content (AvgIpc) is 2.70. The Labute approximate surface area is 153 Å². The second kappa shape index (κ2) is 8.94. The summed E-state index contributed by atoms with van der Waals surface area (Å²) in [5, 5.41) is 17.2. The molecule has 0 radical (unpaired) electrons. The van der Waals surface area contributed by atoms with Crippen LogP contribution in [0.1, 0.15) is 20.7 Å². The van der Waals surface area contributed by atoms with Gasteiger partial charge >= 0.3 is 5.91 Å². The summed E-state index contributed by atoms with van der Waals surface area (Å²) < 4.78 is 0. The highest BCUT2D eigenvalue weighted by Gasteiger charge is 2.10. The molecule has 0 bridgehead atoms. The standard InChI is InChI=1S/C17H17N5O5/c1-18-15(24)9-19-16(25)11-4-7-13(14(23)8-11)21-20-12-5-2-10(3-6-12)17(26)22-27/h2-8,20-21,23H,9H2,1H3,(H,18,24)(H,19,25). The minimum atomic E-state index is -0.863. The number of nitrogens with zero attached hydrogens (tertiary/aromatic N) is 1. The van der Waals surface area contributed by atoms with Gasteiger partial charge in [0.1, 0.15) is 5.75 Å². The van der Waals surface area contributed by atoms with E-state index in [1.54, 1.807) is 12.1 Å². The van der Waals surface area contributed by atoms with Gasteiger partial charge in [-0.2, -0.15) is 0 Å². The fourth-order valence-electron chi connectivity index (χ4n) is 2.02. The first-order valence-electron chi connectivity index (χ1n) is 7.76. The summed E-state index contributed by atoms with van der Waals surface area (Å²) in [4.78, 5) is 44.4. The fraction of sp³-hybridized carbons (Fsp3) is 0.118. The van der Waals surface area contributed by atoms with Crippen molar-refractivity contribution in [3.8, 4) is 5.75 Å². The molecule has 0 unspecified atom stereocenters. The van der Waals surface area contributed by atoms with Gasteiger partial charge in [-0.25, -0.2) is 0 Å². The van der Waals surface area contributed by atoms with E-state index in [1.165, 1.54) is 37.4 Å². The average molecular weight is 371 g/mol. The third kappa shape index (κ3) is 5.26. The highest BCUT2D eigenvalue weighted by molar-refractivity contribution is 5.97. The number of amides is 3. The molecule has 27 heavy (non-hydrogen) atoms. The van der Waals surface area contributed by atoms with Crippen LogP contribution in [0.4, 0.5) is 11.4 Å². The molecule has 0 fully saturated rings. The predicted molar refractivity (Wildman–Crippen MR) is 98.3 cm³/mol. The van der Waals surface area contributed by atoms with E-state index >= 15 is 0 Å². The molecule has 0 aliphatic carbocycles. The zero-order valence-electron chi connectivity index (χ0n) is 14.3. The molecule has 140 valence electrons. The van der Waals surface area contributed by atoms with Gasteiger partial charge in [0.05, 0.1) is 17.9 Å². The summed E-state index contributed by atoms with van der Waals surface area (Å²) in [6.07, 6.45) is 0. The summed E-state index contributed by atoms with van der Waals surface area (Å²) in [5.41, 5.74) is 6.75. The number of carbonyl (C=O) groups excluding carboxylic acids is 3. The van der Waals surface area contributed by atoms with E-state index < -0.39 is 11.8 Å². The molecule has 5 N–H and O–H groups in total. The Hall–Kier alpha value is -3.95. The monoisotopic (exact) mass is 371 g/mol. The van der Waals surface area contributed by atoms with Crippen molar-refractivity contribution in [2.24, 2.45) is 5.18 Å². The van der Waals surface area contributed by atoms with Crippen LogP contribution in [0.3, 0.4) is 0 Å². The van der Waals surface area contributed by atoms with Crippen molar-refractivity contribution < 1.29 is 19.5 Å². The summed E-state index contributed by atoms with van der Waals surface area (Å²) in [5.74, 6) is -1.89. The number of likely N-dealkylation sites (N-methyl/N-ethyl adjacent to an activating group) is 1. The SMILES string of the molecule is CNC(=O)CNC(=O)c1ccc(NNc2ccc(C(=O)N=O)cc2)c(O)c1. The number of benzene rings is 2. The first-order chi connectivity index (χ1) is 12.9. The lowest BCUT2D eigenvalue weighted by Crippen LogP contribution is -2.35. The van der Waals surface area contributed by atoms with Gasteiger partial charge in [0.25, 0.3) is 5.91 Å². The van der Waals surface area contributed by atoms with Crippen LogP contribution in [0.5, 0.6) is 5.75 Å². The Bertz CT molecular complexity index is 867. The third-order valence-electron chi connectivity index (χ3n) is 3.50. The van der Waals surface area contributed by atoms with E-state index in [9.17, 15) is 24.4 Å². The van der Waals surface area contributed by atoms with Crippen LogP contribution in [-0.4, -0.2) is 36.4 Å². The smallest absolute Gasteiger partial charge is 0.316 e. The van der Waals surface area contributed by atoms with Gasteiger partial charge in [0, 0.05) is 23.4 Å². The molecule has 2 aromatic rings. The number of rotatable bonds is 7. The van der Waals surface area contributed by atoms with Crippen LogP contribution >= 0.6 is 0 Å². The van der Waals surface area contributed by atoms with Crippen LogP contribution in [0.25, 0.3) is 0 Å². The first kappa shape index (κ1) is 19.4. The van der Waals surface area contributed by atoms with E-state index in [0.717, 1.165) is 0 Å². The topological polar surface area (TPSA) is 149 Å². The molecule has 10 heteroatoms. The lowest BCUT2D eigenvalue weighted by Gasteiger charge is -2.12. The van der Waals surface area contributed by atoms with Crippen LogP contribution in [-0.2, 0) is 4.79 Å². The normalized spacial score (nSPS) is 9.81. The van der Waals surface area contributed by atoms with Gasteiger partial charge in [0.15, 0.2) is 0 Å². The molecule has 0 aromatic heterocycles. The van der Waals surface area contributed by atoms with Crippen molar-refractivity contribution in [2.75, 3.05) is 24.4 Å². The maximum absolute atomic E-state index is 11.9. The summed E-state index contributed by atoms with van der Waals surface area (Å²) in [7, 11) is 1.46. The minimum absolute atomic E-state index is 0.158. The quantitative estimate of drug-likeness (QED) is 0.279. The lowest BCUT2D eigenvalue weighted by molar-refractivity contribution is -0.119. The van der Waals surface area contributed by atoms with Crippen LogP contribution in [0.15, 0.2) is 47.6 Å². The number of nitrogens with one attached hydrogen (secondary N) is 4. The molecule has 10 nitrogen and oxygen atoms in total. The molecule has 2 rings (SSSR count). The third-order valence-corrected chi connectivity index (χ3v) is 3.50. The molecule has 0 aliphatic heterocycles. The van der Waals surface area contributed by atoms with Gasteiger partial charge < -0.3 is 21.2 Å². The number of phenols is 1. The van der Waals surface area contributed by atoms with E-state index in [-0.39, 0.29) is 29.3 Å². The van der Waals surface area contributed by atoms with Crippen molar-refractivity contribution in [2.45, 2.75) is 0 Å². The van der Waals surface area contributed by atoms with Crippen LogP contribution < -0.4 is 21.5 Å². The van der Waals surface area contributed by atoms with Crippen molar-refractivity contribution in [1.82, 2.24) is 10.6 Å². The number of nitroso groups, excluding NO2 is 1. The summed E-state index contributed by atoms with van der Waals surface area (Å²) in [6, 6.07) is 10.1. The van der Waals surface area contributed by atoms with Gasteiger partial charge in [-0.1, -0.05) is 0 Å². The number of hydrogen-bond acceptors (Lipinski definition) is 7. The van der Waals surface area contributed by atoms with E-state index in [4.69, 9.17) is 0 Å². The summed E-state index contributed by atoms with van der Waals surface area (Å²) >= 11 is 0. The highest BCUT2D eigenvalue weighted by atomic mass is 16.3. The number of phenolic OH excluding ortho intramolecular Hbond substituents is 1. The fourth-order valence-corrected chi connectivity index (χ4v) is 2.02. The number of aromatic hydroxyl groups is 1.